The van der Waals surface area contributed by atoms with Crippen LogP contribution in [0, 0.1) is 4.78 Å². The number of carbonyl (C=O) groups excluding carboxylic acids is 2. The Bertz CT molecular complexity index is 394. The van der Waals surface area contributed by atoms with Gasteiger partial charge in [-0.2, -0.15) is 0 Å². The SMILES string of the molecule is COC(=O)CCCCC(=O)OS(=N)(=O)C(C)(C)C. The Balaban J connectivity index is 4.04. The molecule has 0 aromatic rings. The molecule has 0 heterocycles. The minimum atomic E-state index is -3.40. The summed E-state index contributed by atoms with van der Waals surface area (Å²) >= 11 is 0. The maximum Gasteiger partial charge on any atom is 0.320 e. The number of esters is 1. The topological polar surface area (TPSA) is 93.5 Å². The molecule has 0 bridgehead atoms. The second kappa shape index (κ2) is 6.72. The summed E-state index contributed by atoms with van der Waals surface area (Å²) in [5.74, 6) is -1.00. The van der Waals surface area contributed by atoms with E-state index in [2.05, 4.69) is 8.92 Å². The number of hydrogen-bond donors (Lipinski definition) is 1. The number of hydrogen-bond acceptors (Lipinski definition) is 6. The van der Waals surface area contributed by atoms with Crippen LogP contribution in [0.15, 0.2) is 0 Å². The normalized spacial score (nSPS) is 14.7. The average molecular weight is 279 g/mol. The summed E-state index contributed by atoms with van der Waals surface area (Å²) in [7, 11) is -2.10. The highest BCUT2D eigenvalue weighted by Gasteiger charge is 2.29. The van der Waals surface area contributed by atoms with Crippen LogP contribution in [0.5, 0.6) is 0 Å². The van der Waals surface area contributed by atoms with E-state index in [9.17, 15) is 13.8 Å². The minimum Gasteiger partial charge on any atom is -0.469 e. The third-order valence-corrected chi connectivity index (χ3v) is 4.29. The number of nitrogens with one attached hydrogen (secondary N) is 1. The monoisotopic (exact) mass is 279 g/mol. The van der Waals surface area contributed by atoms with Crippen molar-refractivity contribution in [1.82, 2.24) is 0 Å². The quantitative estimate of drug-likeness (QED) is 0.593. The molecule has 0 aromatic carbocycles. The molecule has 7 heteroatoms. The number of carbonyl (C=O) groups is 2. The molecule has 0 rings (SSSR count). The van der Waals surface area contributed by atoms with Gasteiger partial charge in [-0.15, -0.1) is 0 Å². The fourth-order valence-corrected chi connectivity index (χ4v) is 1.53. The predicted molar refractivity (Wildman–Crippen MR) is 67.2 cm³/mol. The first kappa shape index (κ1) is 16.9. The van der Waals surface area contributed by atoms with Gasteiger partial charge in [-0.1, -0.05) is 0 Å². The standard InChI is InChI=1S/C11H21NO5S/c1-11(2,3)18(12,15)17-10(14)8-6-5-7-9(13)16-4/h12H,5-8H2,1-4H3. The van der Waals surface area contributed by atoms with Crippen molar-refractivity contribution in [2.24, 2.45) is 0 Å². The zero-order valence-electron chi connectivity index (χ0n) is 11.3. The van der Waals surface area contributed by atoms with Gasteiger partial charge in [-0.05, 0) is 33.6 Å². The van der Waals surface area contributed by atoms with Crippen molar-refractivity contribution in [1.29, 1.82) is 4.78 Å². The van der Waals surface area contributed by atoms with Crippen LogP contribution < -0.4 is 0 Å². The Morgan fingerprint density at radius 3 is 1.94 bits per heavy atom. The van der Waals surface area contributed by atoms with Gasteiger partial charge in [0, 0.05) is 12.8 Å². The molecule has 18 heavy (non-hydrogen) atoms. The van der Waals surface area contributed by atoms with E-state index < -0.39 is 20.7 Å². The van der Waals surface area contributed by atoms with E-state index in [1.54, 1.807) is 20.8 Å². The van der Waals surface area contributed by atoms with Crippen LogP contribution in [0.4, 0.5) is 0 Å². The molecule has 0 aliphatic rings. The Morgan fingerprint density at radius 1 is 1.11 bits per heavy atom. The summed E-state index contributed by atoms with van der Waals surface area (Å²) in [4.78, 5) is 22.2. The molecule has 0 saturated carbocycles. The van der Waals surface area contributed by atoms with Crippen molar-refractivity contribution >= 4 is 21.9 Å². The van der Waals surface area contributed by atoms with Gasteiger partial charge in [-0.3, -0.25) is 9.59 Å². The largest absolute Gasteiger partial charge is 0.469 e. The van der Waals surface area contributed by atoms with Crippen LogP contribution in [-0.4, -0.2) is 28.0 Å². The Kier molecular flexibility index (Phi) is 6.31. The summed E-state index contributed by atoms with van der Waals surface area (Å²) in [5.41, 5.74) is 0. The molecule has 0 aliphatic heterocycles. The second-order valence-electron chi connectivity index (χ2n) is 4.85. The fraction of sp³-hybridized carbons (Fsp3) is 0.818. The average Bonchev–Trinajstić information content (AvgIpc) is 2.21. The van der Waals surface area contributed by atoms with E-state index in [-0.39, 0.29) is 18.8 Å². The molecule has 0 spiro atoms. The molecular weight excluding hydrogens is 258 g/mol. The van der Waals surface area contributed by atoms with Crippen molar-refractivity contribution in [2.75, 3.05) is 7.11 Å². The number of ether oxygens (including phenoxy) is 1. The van der Waals surface area contributed by atoms with Gasteiger partial charge < -0.3 is 8.92 Å². The van der Waals surface area contributed by atoms with Gasteiger partial charge in [0.2, 0.25) is 10.0 Å². The maximum absolute atomic E-state index is 11.8. The molecule has 0 radical (unpaired) electrons. The lowest BCUT2D eigenvalue weighted by molar-refractivity contribution is -0.141. The molecule has 106 valence electrons. The lowest BCUT2D eigenvalue weighted by atomic mass is 10.2. The minimum absolute atomic E-state index is 0.0446. The maximum atomic E-state index is 11.8. The van der Waals surface area contributed by atoms with Crippen LogP contribution >= 0.6 is 0 Å². The van der Waals surface area contributed by atoms with Gasteiger partial charge in [0.15, 0.2) is 0 Å². The van der Waals surface area contributed by atoms with Crippen molar-refractivity contribution in [3.63, 3.8) is 0 Å². The highest BCUT2D eigenvalue weighted by molar-refractivity contribution is 7.89. The van der Waals surface area contributed by atoms with E-state index in [1.165, 1.54) is 7.11 Å². The molecule has 0 fully saturated rings. The van der Waals surface area contributed by atoms with Gasteiger partial charge in [0.1, 0.15) is 0 Å². The van der Waals surface area contributed by atoms with Crippen LogP contribution in [0.1, 0.15) is 46.5 Å². The Morgan fingerprint density at radius 2 is 1.56 bits per heavy atom. The fourth-order valence-electron chi connectivity index (χ4n) is 0.938. The molecule has 1 unspecified atom stereocenters. The zero-order chi connectivity index (χ0) is 14.4. The first-order chi connectivity index (χ1) is 8.10. The van der Waals surface area contributed by atoms with Crippen molar-refractivity contribution in [3.8, 4) is 0 Å². The Hall–Kier alpha value is -1.11. The molecular formula is C11H21NO5S. The molecule has 0 amide bonds. The highest BCUT2D eigenvalue weighted by Crippen LogP contribution is 2.19. The summed E-state index contributed by atoms with van der Waals surface area (Å²) in [6.07, 6.45) is 1.21. The molecule has 0 aliphatic carbocycles. The van der Waals surface area contributed by atoms with E-state index in [4.69, 9.17) is 4.78 Å². The van der Waals surface area contributed by atoms with Gasteiger partial charge in [-0.25, -0.2) is 8.99 Å². The zero-order valence-corrected chi connectivity index (χ0v) is 12.1. The summed E-state index contributed by atoms with van der Waals surface area (Å²) in [5, 5.41) is 0. The first-order valence-electron chi connectivity index (χ1n) is 5.67. The molecule has 6 nitrogen and oxygen atoms in total. The van der Waals surface area contributed by atoms with Crippen molar-refractivity contribution < 1.29 is 22.7 Å². The second-order valence-corrected chi connectivity index (χ2v) is 7.25. The predicted octanol–water partition coefficient (Wildman–Crippen LogP) is 2.02. The van der Waals surface area contributed by atoms with Crippen LogP contribution in [0.3, 0.4) is 0 Å². The van der Waals surface area contributed by atoms with Crippen molar-refractivity contribution in [3.05, 3.63) is 0 Å². The van der Waals surface area contributed by atoms with E-state index >= 15 is 0 Å². The highest BCUT2D eigenvalue weighted by atomic mass is 32.2. The van der Waals surface area contributed by atoms with E-state index in [0.717, 1.165) is 0 Å². The third kappa shape index (κ3) is 6.00. The number of methoxy groups -OCH3 is 1. The molecule has 0 saturated heterocycles. The van der Waals surface area contributed by atoms with Crippen LogP contribution in [-0.2, 0) is 28.5 Å². The van der Waals surface area contributed by atoms with E-state index in [1.807, 2.05) is 0 Å². The van der Waals surface area contributed by atoms with E-state index in [0.29, 0.717) is 12.8 Å². The molecule has 0 aromatic heterocycles. The summed E-state index contributed by atoms with van der Waals surface area (Å²) in [6, 6.07) is 0. The molecule has 1 N–H and O–H groups in total. The van der Waals surface area contributed by atoms with Crippen LogP contribution in [0.25, 0.3) is 0 Å². The molecule has 1 atom stereocenters. The van der Waals surface area contributed by atoms with Gasteiger partial charge in [0.05, 0.1) is 11.9 Å². The summed E-state index contributed by atoms with van der Waals surface area (Å²) < 4.78 is 27.5. The van der Waals surface area contributed by atoms with Crippen LogP contribution in [0.2, 0.25) is 0 Å². The lowest BCUT2D eigenvalue weighted by Crippen LogP contribution is -2.30. The first-order valence-corrected chi connectivity index (χ1v) is 7.16. The summed E-state index contributed by atoms with van der Waals surface area (Å²) in [6.45, 7) is 4.73. The van der Waals surface area contributed by atoms with Gasteiger partial charge >= 0.3 is 11.9 Å². The number of rotatable bonds is 6. The lowest BCUT2D eigenvalue weighted by Gasteiger charge is -2.21. The smallest absolute Gasteiger partial charge is 0.320 e. The number of unbranched alkanes of at least 4 members (excludes halogenated alkanes) is 1. The Labute approximate surface area is 108 Å². The third-order valence-electron chi connectivity index (χ3n) is 2.26. The van der Waals surface area contributed by atoms with Gasteiger partial charge in [0.25, 0.3) is 0 Å². The van der Waals surface area contributed by atoms with Crippen molar-refractivity contribution in [2.45, 2.75) is 51.2 Å².